The Kier molecular flexibility index (Phi) is 6.11. The first-order chi connectivity index (χ1) is 15.4. The van der Waals surface area contributed by atoms with E-state index in [0.717, 1.165) is 17.3 Å². The minimum atomic E-state index is -1.17. The van der Waals surface area contributed by atoms with Gasteiger partial charge in [-0.3, -0.25) is 5.10 Å². The second-order valence-corrected chi connectivity index (χ2v) is 7.92. The molecule has 0 atom stereocenters. The van der Waals surface area contributed by atoms with E-state index in [9.17, 15) is 14.7 Å². The number of halogens is 1. The summed E-state index contributed by atoms with van der Waals surface area (Å²) in [5.41, 5.74) is 1.45. The summed E-state index contributed by atoms with van der Waals surface area (Å²) in [5.74, 6) is -1.03. The molecule has 0 unspecified atom stereocenters. The molecule has 10 heteroatoms. The fourth-order valence-corrected chi connectivity index (χ4v) is 3.60. The molecule has 2 aromatic carbocycles. The fraction of sp³-hybridized carbons (Fsp3) is 0. The molecular formula is C22H14ClN3O5S. The van der Waals surface area contributed by atoms with Gasteiger partial charge in [-0.2, -0.15) is 0 Å². The molecule has 0 saturated carbocycles. The molecule has 4 aromatic rings. The number of aromatic amines is 1. The smallest absolute Gasteiger partial charge is 0.342 e. The molecule has 0 aliphatic carbocycles. The van der Waals surface area contributed by atoms with E-state index in [1.165, 1.54) is 18.2 Å². The Morgan fingerprint density at radius 1 is 1.03 bits per heavy atom. The summed E-state index contributed by atoms with van der Waals surface area (Å²) < 4.78 is 5.70. The number of aromatic nitrogens is 3. The molecule has 0 bridgehead atoms. The highest BCUT2D eigenvalue weighted by Gasteiger charge is 2.16. The summed E-state index contributed by atoms with van der Waals surface area (Å²) in [6.07, 6.45) is 1.36. The van der Waals surface area contributed by atoms with Gasteiger partial charge in [-0.1, -0.05) is 23.7 Å². The van der Waals surface area contributed by atoms with Crippen molar-refractivity contribution in [3.05, 3.63) is 81.9 Å². The van der Waals surface area contributed by atoms with E-state index in [0.29, 0.717) is 27.9 Å². The van der Waals surface area contributed by atoms with E-state index in [1.807, 2.05) is 0 Å². The largest absolute Gasteiger partial charge is 0.478 e. The summed E-state index contributed by atoms with van der Waals surface area (Å²) in [4.78, 5) is 27.2. The third-order valence-electron chi connectivity index (χ3n) is 4.29. The summed E-state index contributed by atoms with van der Waals surface area (Å²) >= 11 is 6.76. The van der Waals surface area contributed by atoms with Crippen molar-refractivity contribution >= 4 is 41.4 Å². The Bertz CT molecular complexity index is 1330. The zero-order valence-corrected chi connectivity index (χ0v) is 17.7. The zero-order chi connectivity index (χ0) is 22.7. The number of H-pyrrole nitrogens is 1. The van der Waals surface area contributed by atoms with Crippen LogP contribution in [-0.2, 0) is 4.79 Å². The number of benzene rings is 2. The molecule has 0 aliphatic heterocycles. The number of nitrogens with zero attached hydrogens (tertiary/aromatic N) is 2. The number of thioether (sulfide) groups is 1. The van der Waals surface area contributed by atoms with Gasteiger partial charge < -0.3 is 14.6 Å². The normalized spacial score (nSPS) is 11.5. The van der Waals surface area contributed by atoms with Crippen LogP contribution in [-0.4, -0.2) is 37.3 Å². The van der Waals surface area contributed by atoms with E-state index in [2.05, 4.69) is 15.2 Å². The minimum Gasteiger partial charge on any atom is -0.478 e. The monoisotopic (exact) mass is 467 g/mol. The van der Waals surface area contributed by atoms with Crippen LogP contribution >= 0.6 is 23.4 Å². The lowest BCUT2D eigenvalue weighted by Crippen LogP contribution is -1.97. The predicted molar refractivity (Wildman–Crippen MR) is 119 cm³/mol. The fourth-order valence-electron chi connectivity index (χ4n) is 2.78. The van der Waals surface area contributed by atoms with E-state index in [4.69, 9.17) is 21.1 Å². The first-order valence-electron chi connectivity index (χ1n) is 9.14. The van der Waals surface area contributed by atoms with Gasteiger partial charge in [0.1, 0.15) is 16.4 Å². The first-order valence-corrected chi connectivity index (χ1v) is 10.3. The van der Waals surface area contributed by atoms with Crippen molar-refractivity contribution in [1.82, 2.24) is 15.2 Å². The number of nitrogens with one attached hydrogen (secondary N) is 1. The standard InChI is InChI=1S/C22H14ClN3O5S/c23-15-6-4-12(5-7-15)19-24-22(26-25-19)32-18(21(29)30)11-16-8-9-17(31-16)13-2-1-3-14(10-13)20(27)28/h1-11H,(H,27,28)(H,29,30)(H,24,25,26)/b18-11-. The SMILES string of the molecule is O=C(O)/C(=C/c1ccc(-c2cccc(C(=O)O)c2)o1)Sc1n[nH]c(-c2ccc(Cl)cc2)n1. The van der Waals surface area contributed by atoms with Crippen LogP contribution in [0.25, 0.3) is 28.8 Å². The van der Waals surface area contributed by atoms with Crippen molar-refractivity contribution in [2.24, 2.45) is 0 Å². The lowest BCUT2D eigenvalue weighted by molar-refractivity contribution is -0.131. The first kappa shape index (κ1) is 21.4. The molecule has 3 N–H and O–H groups in total. The van der Waals surface area contributed by atoms with Gasteiger partial charge in [0.25, 0.3) is 0 Å². The minimum absolute atomic E-state index is 0.0492. The molecule has 160 valence electrons. The molecular weight excluding hydrogens is 454 g/mol. The number of rotatable bonds is 7. The molecule has 0 radical (unpaired) electrons. The molecule has 0 fully saturated rings. The average Bonchev–Trinajstić information content (AvgIpc) is 3.44. The average molecular weight is 468 g/mol. The van der Waals surface area contributed by atoms with E-state index in [1.54, 1.807) is 48.5 Å². The molecule has 4 rings (SSSR count). The zero-order valence-electron chi connectivity index (χ0n) is 16.2. The summed E-state index contributed by atoms with van der Waals surface area (Å²) in [6, 6.07) is 16.5. The Morgan fingerprint density at radius 2 is 1.81 bits per heavy atom. The van der Waals surface area contributed by atoms with Crippen molar-refractivity contribution < 1.29 is 24.2 Å². The van der Waals surface area contributed by atoms with Crippen molar-refractivity contribution in [1.29, 1.82) is 0 Å². The van der Waals surface area contributed by atoms with E-state index < -0.39 is 11.9 Å². The predicted octanol–water partition coefficient (Wildman–Crippen LogP) is 5.30. The van der Waals surface area contributed by atoms with Gasteiger partial charge >= 0.3 is 11.9 Å². The molecule has 0 spiro atoms. The maximum atomic E-state index is 11.7. The highest BCUT2D eigenvalue weighted by molar-refractivity contribution is 8.04. The van der Waals surface area contributed by atoms with E-state index in [-0.39, 0.29) is 15.6 Å². The number of aromatic carboxylic acids is 1. The molecule has 2 heterocycles. The van der Waals surface area contributed by atoms with Crippen molar-refractivity contribution in [2.45, 2.75) is 5.16 Å². The molecule has 0 saturated heterocycles. The molecule has 8 nitrogen and oxygen atoms in total. The third-order valence-corrected chi connectivity index (χ3v) is 5.42. The van der Waals surface area contributed by atoms with Gasteiger partial charge in [-0.05, 0) is 60.3 Å². The van der Waals surface area contributed by atoms with Crippen LogP contribution in [0.5, 0.6) is 0 Å². The van der Waals surface area contributed by atoms with Gasteiger partial charge in [0.05, 0.1) is 5.56 Å². The van der Waals surface area contributed by atoms with Crippen molar-refractivity contribution in [3.63, 3.8) is 0 Å². The van der Waals surface area contributed by atoms with E-state index >= 15 is 0 Å². The lowest BCUT2D eigenvalue weighted by atomic mass is 10.1. The van der Waals surface area contributed by atoms with Crippen molar-refractivity contribution in [3.8, 4) is 22.7 Å². The van der Waals surface area contributed by atoms with Gasteiger partial charge in [0.2, 0.25) is 5.16 Å². The Morgan fingerprint density at radius 3 is 2.53 bits per heavy atom. The second-order valence-electron chi connectivity index (χ2n) is 6.48. The lowest BCUT2D eigenvalue weighted by Gasteiger charge is -2.00. The number of carboxylic acids is 2. The van der Waals surface area contributed by atoms with Crippen LogP contribution in [0.1, 0.15) is 16.1 Å². The van der Waals surface area contributed by atoms with Crippen molar-refractivity contribution in [2.75, 3.05) is 0 Å². The summed E-state index contributed by atoms with van der Waals surface area (Å²) in [5, 5.41) is 26.4. The Labute approximate surface area is 190 Å². The van der Waals surface area contributed by atoms with Gasteiger partial charge in [-0.25, -0.2) is 14.6 Å². The molecule has 2 aromatic heterocycles. The maximum Gasteiger partial charge on any atom is 0.342 e. The van der Waals surface area contributed by atoms with Crippen LogP contribution in [0.3, 0.4) is 0 Å². The van der Waals surface area contributed by atoms with Crippen LogP contribution < -0.4 is 0 Å². The van der Waals surface area contributed by atoms with Crippen LogP contribution in [0.4, 0.5) is 0 Å². The van der Waals surface area contributed by atoms with Crippen LogP contribution in [0, 0.1) is 0 Å². The highest BCUT2D eigenvalue weighted by atomic mass is 35.5. The highest BCUT2D eigenvalue weighted by Crippen LogP contribution is 2.30. The number of carbonyl (C=O) groups is 2. The van der Waals surface area contributed by atoms with Gasteiger partial charge in [0, 0.05) is 22.2 Å². The van der Waals surface area contributed by atoms with Crippen LogP contribution in [0.2, 0.25) is 5.02 Å². The topological polar surface area (TPSA) is 129 Å². The number of hydrogen-bond acceptors (Lipinski definition) is 6. The summed E-state index contributed by atoms with van der Waals surface area (Å²) in [7, 11) is 0. The molecule has 32 heavy (non-hydrogen) atoms. The molecule has 0 aliphatic rings. The Hall–Kier alpha value is -3.82. The van der Waals surface area contributed by atoms with Gasteiger partial charge in [0.15, 0.2) is 5.82 Å². The molecule has 0 amide bonds. The number of carboxylic acid groups (broad SMARTS) is 2. The van der Waals surface area contributed by atoms with Crippen LogP contribution in [0.15, 0.2) is 75.1 Å². The quantitative estimate of drug-likeness (QED) is 0.246. The second kappa shape index (κ2) is 9.13. The maximum absolute atomic E-state index is 11.7. The third kappa shape index (κ3) is 4.90. The number of furan rings is 1. The number of aliphatic carboxylic acids is 1. The summed E-state index contributed by atoms with van der Waals surface area (Å²) in [6.45, 7) is 0. The number of hydrogen-bond donors (Lipinski definition) is 3. The van der Waals surface area contributed by atoms with Gasteiger partial charge in [-0.15, -0.1) is 5.10 Å². The Balaban J connectivity index is 1.56.